The number of hydrogen-bond acceptors (Lipinski definition) is 2. The molecule has 0 fully saturated rings. The van der Waals surface area contributed by atoms with E-state index in [4.69, 9.17) is 4.74 Å². The van der Waals surface area contributed by atoms with Crippen molar-refractivity contribution < 1.29 is 9.53 Å². The normalized spacial score (nSPS) is 10.3. The summed E-state index contributed by atoms with van der Waals surface area (Å²) in [7, 11) is 1.64. The van der Waals surface area contributed by atoms with Gasteiger partial charge in [0.15, 0.2) is 0 Å². The van der Waals surface area contributed by atoms with Crippen LogP contribution in [0.4, 0.5) is 4.79 Å². The van der Waals surface area contributed by atoms with Crippen LogP contribution in [-0.2, 0) is 19.6 Å². The first-order valence-corrected chi connectivity index (χ1v) is 8.98. The molecule has 0 heterocycles. The Morgan fingerprint density at radius 1 is 0.778 bits per heavy atom. The average molecular weight is 360 g/mol. The van der Waals surface area contributed by atoms with Crippen LogP contribution in [0.2, 0.25) is 0 Å². The van der Waals surface area contributed by atoms with Crippen molar-refractivity contribution >= 4 is 6.03 Å². The Bertz CT molecular complexity index is 792. The van der Waals surface area contributed by atoms with Crippen molar-refractivity contribution in [3.05, 3.63) is 102 Å². The van der Waals surface area contributed by atoms with Gasteiger partial charge in [-0.15, -0.1) is 0 Å². The van der Waals surface area contributed by atoms with Gasteiger partial charge in [-0.2, -0.15) is 0 Å². The summed E-state index contributed by atoms with van der Waals surface area (Å²) in [5, 5.41) is 3.02. The molecule has 0 saturated heterocycles. The molecule has 0 aliphatic carbocycles. The minimum atomic E-state index is -0.0847. The Morgan fingerprint density at radius 3 is 1.78 bits per heavy atom. The summed E-state index contributed by atoms with van der Waals surface area (Å²) in [6.07, 6.45) is 0. The van der Waals surface area contributed by atoms with Crippen LogP contribution in [-0.4, -0.2) is 18.0 Å². The van der Waals surface area contributed by atoms with Crippen LogP contribution in [0.1, 0.15) is 16.7 Å². The fraction of sp³-hybridized carbons (Fsp3) is 0.174. The summed E-state index contributed by atoms with van der Waals surface area (Å²) in [5.41, 5.74) is 3.24. The van der Waals surface area contributed by atoms with Gasteiger partial charge in [0, 0.05) is 19.6 Å². The van der Waals surface area contributed by atoms with Crippen LogP contribution in [0.3, 0.4) is 0 Å². The largest absolute Gasteiger partial charge is 0.497 e. The average Bonchev–Trinajstić information content (AvgIpc) is 2.73. The number of amides is 2. The lowest BCUT2D eigenvalue weighted by molar-refractivity contribution is 0.192. The molecule has 0 unspecified atom stereocenters. The number of benzene rings is 3. The minimum absolute atomic E-state index is 0.0847. The van der Waals surface area contributed by atoms with E-state index in [1.807, 2.05) is 89.8 Å². The fourth-order valence-corrected chi connectivity index (χ4v) is 2.84. The molecule has 3 rings (SSSR count). The second-order valence-corrected chi connectivity index (χ2v) is 6.33. The molecule has 0 aliphatic rings. The summed E-state index contributed by atoms with van der Waals surface area (Å²) < 4.78 is 5.17. The van der Waals surface area contributed by atoms with Crippen molar-refractivity contribution in [3.8, 4) is 5.75 Å². The van der Waals surface area contributed by atoms with Crippen molar-refractivity contribution in [1.29, 1.82) is 0 Å². The highest BCUT2D eigenvalue weighted by Crippen LogP contribution is 2.13. The molecule has 4 nitrogen and oxygen atoms in total. The number of methoxy groups -OCH3 is 1. The van der Waals surface area contributed by atoms with E-state index in [1.54, 1.807) is 7.11 Å². The molecule has 0 radical (unpaired) electrons. The minimum Gasteiger partial charge on any atom is -0.497 e. The van der Waals surface area contributed by atoms with Gasteiger partial charge in [0.25, 0.3) is 0 Å². The second kappa shape index (κ2) is 9.43. The standard InChI is InChI=1S/C23H24N2O2/c1-27-22-14-12-19(13-15-22)16-24-23(26)25(17-20-8-4-2-5-9-20)18-21-10-6-3-7-11-21/h2-15H,16-18H2,1H3,(H,24,26). The fourth-order valence-electron chi connectivity index (χ4n) is 2.84. The van der Waals surface area contributed by atoms with Gasteiger partial charge in [-0.1, -0.05) is 72.8 Å². The number of rotatable bonds is 7. The molecule has 0 saturated carbocycles. The van der Waals surface area contributed by atoms with Crippen molar-refractivity contribution in [2.75, 3.05) is 7.11 Å². The third kappa shape index (κ3) is 5.61. The van der Waals surface area contributed by atoms with Crippen molar-refractivity contribution in [2.24, 2.45) is 0 Å². The lowest BCUT2D eigenvalue weighted by Gasteiger charge is -2.23. The highest BCUT2D eigenvalue weighted by molar-refractivity contribution is 5.74. The Hall–Kier alpha value is -3.27. The van der Waals surface area contributed by atoms with E-state index in [0.717, 1.165) is 22.4 Å². The highest BCUT2D eigenvalue weighted by atomic mass is 16.5. The van der Waals surface area contributed by atoms with Gasteiger partial charge in [-0.3, -0.25) is 0 Å². The van der Waals surface area contributed by atoms with E-state index in [9.17, 15) is 4.79 Å². The number of hydrogen-bond donors (Lipinski definition) is 1. The summed E-state index contributed by atoms with van der Waals surface area (Å²) >= 11 is 0. The van der Waals surface area contributed by atoms with Crippen molar-refractivity contribution in [2.45, 2.75) is 19.6 Å². The molecule has 0 atom stereocenters. The highest BCUT2D eigenvalue weighted by Gasteiger charge is 2.14. The molecule has 27 heavy (non-hydrogen) atoms. The second-order valence-electron chi connectivity index (χ2n) is 6.33. The smallest absolute Gasteiger partial charge is 0.318 e. The molecule has 1 N–H and O–H groups in total. The zero-order valence-corrected chi connectivity index (χ0v) is 15.5. The predicted octanol–water partition coefficient (Wildman–Crippen LogP) is 4.61. The third-order valence-corrected chi connectivity index (χ3v) is 4.32. The van der Waals surface area contributed by atoms with Gasteiger partial charge in [0.1, 0.15) is 5.75 Å². The lowest BCUT2D eigenvalue weighted by atomic mass is 10.1. The number of carbonyl (C=O) groups excluding carboxylic acids is 1. The maximum Gasteiger partial charge on any atom is 0.318 e. The lowest BCUT2D eigenvalue weighted by Crippen LogP contribution is -2.38. The quantitative estimate of drug-likeness (QED) is 0.669. The van der Waals surface area contributed by atoms with Gasteiger partial charge < -0.3 is 15.0 Å². The Morgan fingerprint density at radius 2 is 1.30 bits per heavy atom. The predicted molar refractivity (Wildman–Crippen MR) is 107 cm³/mol. The van der Waals surface area contributed by atoms with Crippen LogP contribution in [0.25, 0.3) is 0 Å². The molecule has 3 aromatic rings. The first kappa shape index (κ1) is 18.5. The van der Waals surface area contributed by atoms with E-state index >= 15 is 0 Å². The van der Waals surface area contributed by atoms with Gasteiger partial charge in [0.05, 0.1) is 7.11 Å². The number of urea groups is 1. The SMILES string of the molecule is COc1ccc(CNC(=O)N(Cc2ccccc2)Cc2ccccc2)cc1. The zero-order valence-electron chi connectivity index (χ0n) is 15.5. The first-order chi connectivity index (χ1) is 13.2. The number of carbonyl (C=O) groups is 1. The van der Waals surface area contributed by atoms with Gasteiger partial charge in [0.2, 0.25) is 0 Å². The maximum absolute atomic E-state index is 12.8. The maximum atomic E-state index is 12.8. The van der Waals surface area contributed by atoms with Crippen LogP contribution in [0.5, 0.6) is 5.75 Å². The Balaban J connectivity index is 1.67. The third-order valence-electron chi connectivity index (χ3n) is 4.32. The molecule has 0 bridgehead atoms. The number of nitrogens with zero attached hydrogens (tertiary/aromatic N) is 1. The van der Waals surface area contributed by atoms with E-state index in [-0.39, 0.29) is 6.03 Å². The molecule has 3 aromatic carbocycles. The van der Waals surface area contributed by atoms with Crippen molar-refractivity contribution in [1.82, 2.24) is 10.2 Å². The Kier molecular flexibility index (Phi) is 6.47. The molecule has 4 heteroatoms. The van der Waals surface area contributed by atoms with E-state index in [0.29, 0.717) is 19.6 Å². The van der Waals surface area contributed by atoms with Crippen LogP contribution >= 0.6 is 0 Å². The summed E-state index contributed by atoms with van der Waals surface area (Å²) in [5.74, 6) is 0.805. The van der Waals surface area contributed by atoms with E-state index in [2.05, 4.69) is 5.32 Å². The molecule has 0 aromatic heterocycles. The number of ether oxygens (including phenoxy) is 1. The molecular formula is C23H24N2O2. The summed E-state index contributed by atoms with van der Waals surface area (Å²) in [6, 6.07) is 27.7. The molecule has 0 spiro atoms. The first-order valence-electron chi connectivity index (χ1n) is 8.98. The molecule has 0 aliphatic heterocycles. The monoisotopic (exact) mass is 360 g/mol. The molecular weight excluding hydrogens is 336 g/mol. The summed E-state index contributed by atoms with van der Waals surface area (Å²) in [6.45, 7) is 1.59. The number of nitrogens with one attached hydrogen (secondary N) is 1. The Labute approximate surface area is 160 Å². The van der Waals surface area contributed by atoms with Crippen LogP contribution in [0.15, 0.2) is 84.9 Å². The van der Waals surface area contributed by atoms with Gasteiger partial charge in [-0.05, 0) is 28.8 Å². The van der Waals surface area contributed by atoms with Crippen molar-refractivity contribution in [3.63, 3.8) is 0 Å². The van der Waals surface area contributed by atoms with Gasteiger partial charge in [-0.25, -0.2) is 4.79 Å². The molecule has 2 amide bonds. The van der Waals surface area contributed by atoms with Crippen LogP contribution < -0.4 is 10.1 Å². The van der Waals surface area contributed by atoms with E-state index in [1.165, 1.54) is 0 Å². The molecule has 138 valence electrons. The van der Waals surface area contributed by atoms with E-state index < -0.39 is 0 Å². The van der Waals surface area contributed by atoms with Crippen LogP contribution in [0, 0.1) is 0 Å². The summed E-state index contributed by atoms with van der Waals surface area (Å²) in [4.78, 5) is 14.7. The zero-order chi connectivity index (χ0) is 18.9. The van der Waals surface area contributed by atoms with Gasteiger partial charge >= 0.3 is 6.03 Å². The topological polar surface area (TPSA) is 41.6 Å².